The van der Waals surface area contributed by atoms with Gasteiger partial charge in [0.25, 0.3) is 0 Å². The molecule has 2 aromatic carbocycles. The van der Waals surface area contributed by atoms with Crippen molar-refractivity contribution in [3.8, 4) is 11.1 Å². The largest absolute Gasteiger partial charge is 0.466 e. The molecule has 0 radical (unpaired) electrons. The van der Waals surface area contributed by atoms with E-state index in [1.165, 1.54) is 9.13 Å². The van der Waals surface area contributed by atoms with Gasteiger partial charge in [-0.25, -0.2) is 0 Å². The third kappa shape index (κ3) is 3.60. The molecule has 2 rings (SSSR count). The highest BCUT2D eigenvalue weighted by Crippen LogP contribution is 2.24. The van der Waals surface area contributed by atoms with E-state index in [0.717, 1.165) is 11.1 Å². The van der Waals surface area contributed by atoms with E-state index in [9.17, 15) is 4.79 Å². The van der Waals surface area contributed by atoms with Crippen LogP contribution in [0.25, 0.3) is 11.1 Å². The summed E-state index contributed by atoms with van der Waals surface area (Å²) >= 11 is 2.29. The number of rotatable bonds is 4. The fourth-order valence-electron chi connectivity index (χ4n) is 2.01. The van der Waals surface area contributed by atoms with Crippen LogP contribution in [0.3, 0.4) is 0 Å². The van der Waals surface area contributed by atoms with Gasteiger partial charge in [-0.05, 0) is 65.3 Å². The number of benzene rings is 2. The molecule has 0 aliphatic heterocycles. The SMILES string of the molecule is CCOC(=O)C(C)c1ccc(-c2ccc(I)cc2)cc1. The molecule has 0 saturated carbocycles. The zero-order chi connectivity index (χ0) is 14.5. The Bertz CT molecular complexity index is 573. The van der Waals surface area contributed by atoms with Gasteiger partial charge in [-0.3, -0.25) is 4.79 Å². The Morgan fingerprint density at radius 2 is 1.55 bits per heavy atom. The lowest BCUT2D eigenvalue weighted by Gasteiger charge is -2.11. The minimum absolute atomic E-state index is 0.172. The highest BCUT2D eigenvalue weighted by atomic mass is 127. The number of halogens is 1. The second kappa shape index (κ2) is 6.88. The van der Waals surface area contributed by atoms with Crippen molar-refractivity contribution in [2.45, 2.75) is 19.8 Å². The average molecular weight is 380 g/mol. The molecule has 104 valence electrons. The first-order valence-electron chi connectivity index (χ1n) is 6.64. The molecule has 0 bridgehead atoms. The van der Waals surface area contributed by atoms with Crippen molar-refractivity contribution in [2.24, 2.45) is 0 Å². The summed E-state index contributed by atoms with van der Waals surface area (Å²) in [6.07, 6.45) is 0. The summed E-state index contributed by atoms with van der Waals surface area (Å²) in [5.41, 5.74) is 3.32. The highest BCUT2D eigenvalue weighted by Gasteiger charge is 2.15. The third-order valence-electron chi connectivity index (χ3n) is 3.23. The summed E-state index contributed by atoms with van der Waals surface area (Å²) in [6, 6.07) is 16.5. The molecule has 0 heterocycles. The Hall–Kier alpha value is -1.36. The van der Waals surface area contributed by atoms with E-state index >= 15 is 0 Å². The van der Waals surface area contributed by atoms with Crippen LogP contribution >= 0.6 is 22.6 Å². The van der Waals surface area contributed by atoms with Crippen molar-refractivity contribution in [1.82, 2.24) is 0 Å². The molecule has 0 fully saturated rings. The monoisotopic (exact) mass is 380 g/mol. The molecule has 0 spiro atoms. The molecule has 0 aliphatic carbocycles. The average Bonchev–Trinajstić information content (AvgIpc) is 2.48. The summed E-state index contributed by atoms with van der Waals surface area (Å²) < 4.78 is 6.27. The molecule has 1 atom stereocenters. The maximum absolute atomic E-state index is 11.7. The Morgan fingerprint density at radius 1 is 1.05 bits per heavy atom. The highest BCUT2D eigenvalue weighted by molar-refractivity contribution is 14.1. The third-order valence-corrected chi connectivity index (χ3v) is 3.95. The van der Waals surface area contributed by atoms with E-state index in [-0.39, 0.29) is 11.9 Å². The smallest absolute Gasteiger partial charge is 0.313 e. The van der Waals surface area contributed by atoms with Crippen LogP contribution in [0.15, 0.2) is 48.5 Å². The predicted molar refractivity (Wildman–Crippen MR) is 89.6 cm³/mol. The van der Waals surface area contributed by atoms with Crippen molar-refractivity contribution in [1.29, 1.82) is 0 Å². The topological polar surface area (TPSA) is 26.3 Å². The van der Waals surface area contributed by atoms with Crippen LogP contribution in [-0.2, 0) is 9.53 Å². The van der Waals surface area contributed by atoms with Gasteiger partial charge in [-0.15, -0.1) is 0 Å². The molecule has 0 aromatic heterocycles. The van der Waals surface area contributed by atoms with Gasteiger partial charge in [0.2, 0.25) is 0 Å². The number of hydrogen-bond donors (Lipinski definition) is 0. The molecular formula is C17H17IO2. The van der Waals surface area contributed by atoms with Crippen LogP contribution in [-0.4, -0.2) is 12.6 Å². The molecule has 0 N–H and O–H groups in total. The van der Waals surface area contributed by atoms with Crippen molar-refractivity contribution < 1.29 is 9.53 Å². The van der Waals surface area contributed by atoms with E-state index in [4.69, 9.17) is 4.74 Å². The van der Waals surface area contributed by atoms with Gasteiger partial charge >= 0.3 is 5.97 Å². The van der Waals surface area contributed by atoms with E-state index < -0.39 is 0 Å². The van der Waals surface area contributed by atoms with Gasteiger partial charge in [0, 0.05) is 3.57 Å². The molecular weight excluding hydrogens is 363 g/mol. The summed E-state index contributed by atoms with van der Waals surface area (Å²) in [5.74, 6) is -0.393. The summed E-state index contributed by atoms with van der Waals surface area (Å²) in [5, 5.41) is 0. The first-order chi connectivity index (χ1) is 9.61. The number of carbonyl (C=O) groups is 1. The van der Waals surface area contributed by atoms with E-state index in [0.29, 0.717) is 6.61 Å². The zero-order valence-corrected chi connectivity index (χ0v) is 13.8. The van der Waals surface area contributed by atoms with E-state index in [2.05, 4.69) is 46.9 Å². The molecule has 20 heavy (non-hydrogen) atoms. The van der Waals surface area contributed by atoms with Gasteiger partial charge in [-0.1, -0.05) is 36.4 Å². The lowest BCUT2D eigenvalue weighted by Crippen LogP contribution is -2.12. The van der Waals surface area contributed by atoms with E-state index in [1.54, 1.807) is 0 Å². The Balaban J connectivity index is 2.17. The van der Waals surface area contributed by atoms with Crippen molar-refractivity contribution in [3.63, 3.8) is 0 Å². The predicted octanol–water partition coefficient (Wildman–Crippen LogP) is 4.62. The van der Waals surface area contributed by atoms with Crippen LogP contribution in [0.1, 0.15) is 25.3 Å². The Morgan fingerprint density at radius 3 is 2.05 bits per heavy atom. The number of esters is 1. The van der Waals surface area contributed by atoms with Crippen LogP contribution in [0, 0.1) is 3.57 Å². The van der Waals surface area contributed by atoms with Crippen LogP contribution in [0.4, 0.5) is 0 Å². The number of ether oxygens (including phenoxy) is 1. The van der Waals surface area contributed by atoms with Crippen LogP contribution in [0.2, 0.25) is 0 Å². The Kier molecular flexibility index (Phi) is 5.17. The van der Waals surface area contributed by atoms with Crippen LogP contribution in [0.5, 0.6) is 0 Å². The van der Waals surface area contributed by atoms with Gasteiger partial charge < -0.3 is 4.74 Å². The maximum atomic E-state index is 11.7. The van der Waals surface area contributed by atoms with Crippen molar-refractivity contribution >= 4 is 28.6 Å². The molecule has 2 nitrogen and oxygen atoms in total. The fraction of sp³-hybridized carbons (Fsp3) is 0.235. The van der Waals surface area contributed by atoms with Gasteiger partial charge in [-0.2, -0.15) is 0 Å². The second-order valence-electron chi connectivity index (χ2n) is 4.60. The lowest BCUT2D eigenvalue weighted by atomic mass is 9.97. The van der Waals surface area contributed by atoms with Gasteiger partial charge in [0.05, 0.1) is 12.5 Å². The molecule has 2 aromatic rings. The van der Waals surface area contributed by atoms with Crippen molar-refractivity contribution in [3.05, 3.63) is 57.7 Å². The van der Waals surface area contributed by atoms with Crippen molar-refractivity contribution in [2.75, 3.05) is 6.61 Å². The second-order valence-corrected chi connectivity index (χ2v) is 5.85. The first-order valence-corrected chi connectivity index (χ1v) is 7.72. The number of carbonyl (C=O) groups excluding carboxylic acids is 1. The van der Waals surface area contributed by atoms with Gasteiger partial charge in [0.1, 0.15) is 0 Å². The zero-order valence-electron chi connectivity index (χ0n) is 11.6. The molecule has 0 amide bonds. The van der Waals surface area contributed by atoms with Gasteiger partial charge in [0.15, 0.2) is 0 Å². The summed E-state index contributed by atoms with van der Waals surface area (Å²) in [4.78, 5) is 11.7. The quantitative estimate of drug-likeness (QED) is 0.571. The molecule has 0 aliphatic rings. The maximum Gasteiger partial charge on any atom is 0.313 e. The summed E-state index contributed by atoms with van der Waals surface area (Å²) in [6.45, 7) is 4.12. The summed E-state index contributed by atoms with van der Waals surface area (Å²) in [7, 11) is 0. The molecule has 0 saturated heterocycles. The minimum Gasteiger partial charge on any atom is -0.466 e. The number of hydrogen-bond acceptors (Lipinski definition) is 2. The lowest BCUT2D eigenvalue weighted by molar-refractivity contribution is -0.144. The van der Waals surface area contributed by atoms with Crippen LogP contribution < -0.4 is 0 Å². The normalized spacial score (nSPS) is 11.9. The van der Waals surface area contributed by atoms with E-state index in [1.807, 2.05) is 38.1 Å². The molecule has 1 unspecified atom stereocenters. The standard InChI is InChI=1S/C17H17IO2/c1-3-20-17(19)12(2)13-4-6-14(7-5-13)15-8-10-16(18)11-9-15/h4-12H,3H2,1-2H3. The first kappa shape index (κ1) is 15.0. The molecule has 3 heteroatoms. The minimum atomic E-state index is -0.222. The Labute approximate surface area is 133 Å². The fourth-order valence-corrected chi connectivity index (χ4v) is 2.37.